The summed E-state index contributed by atoms with van der Waals surface area (Å²) in [7, 11) is 1.24. The van der Waals surface area contributed by atoms with Crippen molar-refractivity contribution in [3.63, 3.8) is 0 Å². The maximum Gasteiger partial charge on any atom is 0.349 e. The van der Waals surface area contributed by atoms with Crippen molar-refractivity contribution in [3.05, 3.63) is 87.3 Å². The molecule has 5 rings (SSSR count). The largest absolute Gasteiger partial charge is 0.468 e. The van der Waals surface area contributed by atoms with Gasteiger partial charge in [-0.3, -0.25) is 9.59 Å². The molecule has 0 fully saturated rings. The van der Waals surface area contributed by atoms with Crippen molar-refractivity contribution < 1.29 is 23.1 Å². The smallest absolute Gasteiger partial charge is 0.349 e. The molecule has 3 aromatic carbocycles. The van der Waals surface area contributed by atoms with E-state index < -0.39 is 23.3 Å². The standard InChI is InChI=1S/C24H15FN2O5S/c1-31-21(28)12-27-18-8-7-14(25)10-20(18)33-24(27)26-22(29)17-11-16-15-5-3-2-4-13(15)6-9-19(16)32-23(17)30/h2-11H,12H2,1H3. The second-order valence-electron chi connectivity index (χ2n) is 7.22. The van der Waals surface area contributed by atoms with Crippen molar-refractivity contribution in [2.24, 2.45) is 4.99 Å². The number of carbonyl (C=O) groups is 2. The molecule has 0 N–H and O–H groups in total. The highest BCUT2D eigenvalue weighted by atomic mass is 32.1. The number of hydrogen-bond acceptors (Lipinski definition) is 6. The molecule has 0 unspecified atom stereocenters. The Morgan fingerprint density at radius 2 is 1.91 bits per heavy atom. The minimum atomic E-state index is -0.829. The number of ether oxygens (including phenoxy) is 1. The zero-order chi connectivity index (χ0) is 23.1. The third-order valence-corrected chi connectivity index (χ3v) is 6.27. The molecule has 0 bridgehead atoms. The first kappa shape index (κ1) is 20.8. The zero-order valence-corrected chi connectivity index (χ0v) is 18.0. The molecule has 5 aromatic rings. The van der Waals surface area contributed by atoms with Gasteiger partial charge < -0.3 is 13.7 Å². The van der Waals surface area contributed by atoms with E-state index in [0.717, 1.165) is 22.1 Å². The van der Waals surface area contributed by atoms with E-state index >= 15 is 0 Å². The Morgan fingerprint density at radius 3 is 2.73 bits per heavy atom. The van der Waals surface area contributed by atoms with Crippen LogP contribution in [0.3, 0.4) is 0 Å². The van der Waals surface area contributed by atoms with Crippen LogP contribution >= 0.6 is 11.3 Å². The van der Waals surface area contributed by atoms with Gasteiger partial charge in [0.1, 0.15) is 23.5 Å². The SMILES string of the molecule is COC(=O)Cn1c(=NC(=O)c2cc3c(ccc4ccccc43)oc2=O)sc2cc(F)ccc21. The molecule has 0 radical (unpaired) electrons. The van der Waals surface area contributed by atoms with Crippen LogP contribution in [0.1, 0.15) is 10.4 Å². The number of halogens is 1. The van der Waals surface area contributed by atoms with Crippen LogP contribution in [0.15, 0.2) is 74.9 Å². The van der Waals surface area contributed by atoms with Gasteiger partial charge in [-0.25, -0.2) is 9.18 Å². The van der Waals surface area contributed by atoms with Crippen LogP contribution in [0.25, 0.3) is 32.0 Å². The van der Waals surface area contributed by atoms with E-state index in [1.54, 1.807) is 6.07 Å². The van der Waals surface area contributed by atoms with Gasteiger partial charge in [-0.2, -0.15) is 4.99 Å². The highest BCUT2D eigenvalue weighted by Crippen LogP contribution is 2.25. The van der Waals surface area contributed by atoms with Crippen molar-refractivity contribution in [1.82, 2.24) is 4.57 Å². The Labute approximate surface area is 189 Å². The van der Waals surface area contributed by atoms with Crippen LogP contribution < -0.4 is 10.4 Å². The molecule has 0 spiro atoms. The number of nitrogens with zero attached hydrogens (tertiary/aromatic N) is 2. The lowest BCUT2D eigenvalue weighted by Crippen LogP contribution is -2.23. The first-order valence-electron chi connectivity index (χ1n) is 9.85. The number of aromatic nitrogens is 1. The highest BCUT2D eigenvalue weighted by Gasteiger charge is 2.17. The van der Waals surface area contributed by atoms with E-state index in [-0.39, 0.29) is 16.9 Å². The number of hydrogen-bond donors (Lipinski definition) is 0. The number of benzene rings is 3. The third kappa shape index (κ3) is 3.72. The summed E-state index contributed by atoms with van der Waals surface area (Å²) in [6.07, 6.45) is 0. The summed E-state index contributed by atoms with van der Waals surface area (Å²) < 4.78 is 25.8. The lowest BCUT2D eigenvalue weighted by Gasteiger charge is -2.04. The summed E-state index contributed by atoms with van der Waals surface area (Å²) in [6, 6.07) is 16.5. The molecule has 0 atom stereocenters. The van der Waals surface area contributed by atoms with E-state index in [9.17, 15) is 18.8 Å². The molecular weight excluding hydrogens is 447 g/mol. The third-order valence-electron chi connectivity index (χ3n) is 5.23. The number of fused-ring (bicyclic) bond motifs is 4. The minimum Gasteiger partial charge on any atom is -0.468 e. The van der Waals surface area contributed by atoms with Gasteiger partial charge in [0.15, 0.2) is 4.80 Å². The van der Waals surface area contributed by atoms with Crippen molar-refractivity contribution in [2.75, 3.05) is 7.11 Å². The van der Waals surface area contributed by atoms with Gasteiger partial charge in [0, 0.05) is 5.39 Å². The van der Waals surface area contributed by atoms with Gasteiger partial charge in [0.25, 0.3) is 5.91 Å². The average molecular weight is 462 g/mol. The predicted molar refractivity (Wildman–Crippen MR) is 122 cm³/mol. The summed E-state index contributed by atoms with van der Waals surface area (Å²) >= 11 is 1.02. The Kier molecular flexibility index (Phi) is 5.10. The van der Waals surface area contributed by atoms with Crippen molar-refractivity contribution in [3.8, 4) is 0 Å². The van der Waals surface area contributed by atoms with Crippen molar-refractivity contribution >= 4 is 55.2 Å². The van der Waals surface area contributed by atoms with Gasteiger partial charge in [0.05, 0.1) is 17.3 Å². The molecule has 2 aromatic heterocycles. The van der Waals surface area contributed by atoms with E-state index in [1.807, 2.05) is 30.3 Å². The lowest BCUT2D eigenvalue weighted by atomic mass is 10.0. The molecule has 7 nitrogen and oxygen atoms in total. The molecule has 2 heterocycles. The Balaban J connectivity index is 1.70. The first-order chi connectivity index (χ1) is 15.9. The Hall–Kier alpha value is -4.11. The fraction of sp³-hybridized carbons (Fsp3) is 0.0833. The number of rotatable bonds is 3. The number of carbonyl (C=O) groups excluding carboxylic acids is 2. The molecule has 0 aliphatic carbocycles. The van der Waals surface area contributed by atoms with E-state index in [2.05, 4.69) is 4.99 Å². The maximum absolute atomic E-state index is 13.7. The summed E-state index contributed by atoms with van der Waals surface area (Å²) in [5.74, 6) is -1.86. The van der Waals surface area contributed by atoms with Gasteiger partial charge in [-0.15, -0.1) is 0 Å². The number of amides is 1. The molecule has 0 saturated carbocycles. The van der Waals surface area contributed by atoms with Crippen LogP contribution in [-0.4, -0.2) is 23.6 Å². The topological polar surface area (TPSA) is 90.9 Å². The average Bonchev–Trinajstić information content (AvgIpc) is 3.13. The summed E-state index contributed by atoms with van der Waals surface area (Å²) in [5, 5.41) is 2.36. The quantitative estimate of drug-likeness (QED) is 0.230. The molecular formula is C24H15FN2O5S. The van der Waals surface area contributed by atoms with Gasteiger partial charge in [-0.1, -0.05) is 41.7 Å². The zero-order valence-electron chi connectivity index (χ0n) is 17.2. The molecule has 1 amide bonds. The fourth-order valence-electron chi connectivity index (χ4n) is 3.65. The van der Waals surface area contributed by atoms with E-state index in [1.165, 1.54) is 35.9 Å². The number of thiazole rings is 1. The predicted octanol–water partition coefficient (Wildman–Crippen LogP) is 4.02. The highest BCUT2D eigenvalue weighted by molar-refractivity contribution is 7.16. The van der Waals surface area contributed by atoms with Crippen LogP contribution in [-0.2, 0) is 16.1 Å². The normalized spacial score (nSPS) is 12.0. The summed E-state index contributed by atoms with van der Waals surface area (Å²) in [4.78, 5) is 41.7. The number of methoxy groups -OCH3 is 1. The van der Waals surface area contributed by atoms with Crippen LogP contribution in [0.2, 0.25) is 0 Å². The van der Waals surface area contributed by atoms with E-state index in [4.69, 9.17) is 9.15 Å². The van der Waals surface area contributed by atoms with Gasteiger partial charge in [-0.05, 0) is 41.1 Å². The van der Waals surface area contributed by atoms with Crippen LogP contribution in [0.5, 0.6) is 0 Å². The monoisotopic (exact) mass is 462 g/mol. The van der Waals surface area contributed by atoms with Crippen LogP contribution in [0, 0.1) is 5.82 Å². The molecule has 164 valence electrons. The molecule has 9 heteroatoms. The minimum absolute atomic E-state index is 0.128. The van der Waals surface area contributed by atoms with Crippen molar-refractivity contribution in [1.29, 1.82) is 0 Å². The second kappa shape index (κ2) is 8.10. The first-order valence-corrected chi connectivity index (χ1v) is 10.7. The Morgan fingerprint density at radius 1 is 1.09 bits per heavy atom. The summed E-state index contributed by atoms with van der Waals surface area (Å²) in [6.45, 7) is -0.231. The molecule has 33 heavy (non-hydrogen) atoms. The summed E-state index contributed by atoms with van der Waals surface area (Å²) in [5.41, 5.74) is -0.200. The van der Waals surface area contributed by atoms with Crippen LogP contribution in [0.4, 0.5) is 4.39 Å². The number of esters is 1. The van der Waals surface area contributed by atoms with E-state index in [0.29, 0.717) is 21.2 Å². The van der Waals surface area contributed by atoms with Crippen molar-refractivity contribution in [2.45, 2.75) is 6.54 Å². The molecule has 0 saturated heterocycles. The Bertz CT molecular complexity index is 1710. The molecule has 0 aliphatic rings. The second-order valence-corrected chi connectivity index (χ2v) is 8.23. The molecule has 0 aliphatic heterocycles. The van der Waals surface area contributed by atoms with Gasteiger partial charge in [0.2, 0.25) is 0 Å². The van der Waals surface area contributed by atoms with Gasteiger partial charge >= 0.3 is 11.6 Å². The maximum atomic E-state index is 13.7. The fourth-order valence-corrected chi connectivity index (χ4v) is 4.70. The lowest BCUT2D eigenvalue weighted by molar-refractivity contribution is -0.141.